The Hall–Kier alpha value is -5.01. The number of carbonyl (C=O) groups excluding carboxylic acids is 3. The van der Waals surface area contributed by atoms with E-state index in [9.17, 15) is 14.4 Å². The second-order valence-electron chi connectivity index (χ2n) is 12.7. The molecule has 1 saturated carbocycles. The highest BCUT2D eigenvalue weighted by Crippen LogP contribution is 2.40. The molecule has 48 heavy (non-hydrogen) atoms. The molecule has 248 valence electrons. The van der Waals surface area contributed by atoms with Crippen molar-refractivity contribution in [3.05, 3.63) is 82.5 Å². The Morgan fingerprint density at radius 1 is 1.04 bits per heavy atom. The van der Waals surface area contributed by atoms with Gasteiger partial charge in [0.15, 0.2) is 5.82 Å². The summed E-state index contributed by atoms with van der Waals surface area (Å²) in [7, 11) is 0. The lowest BCUT2D eigenvalue weighted by Gasteiger charge is -2.25. The fraction of sp³-hybridized carbons (Fsp3) is 0.294. The summed E-state index contributed by atoms with van der Waals surface area (Å²) in [6.07, 6.45) is 0.841. The third-order valence-electron chi connectivity index (χ3n) is 7.56. The number of aromatic nitrogens is 4. The number of hydrogen-bond donors (Lipinski definition) is 1. The van der Waals surface area contributed by atoms with Crippen LogP contribution in [0.3, 0.4) is 0 Å². The fourth-order valence-electron chi connectivity index (χ4n) is 4.85. The number of halogens is 1. The molecular formula is C34H33ClN6O6S. The van der Waals surface area contributed by atoms with Crippen LogP contribution in [0.2, 0.25) is 5.02 Å². The minimum Gasteiger partial charge on any atom is -0.484 e. The lowest BCUT2D eigenvalue weighted by Crippen LogP contribution is -2.43. The fourth-order valence-corrected chi connectivity index (χ4v) is 6.07. The third kappa shape index (κ3) is 6.97. The number of rotatable bonds is 8. The molecule has 2 N–H and O–H groups in total. The molecule has 3 heterocycles. The number of carbonyl (C=O) groups is 3. The van der Waals surface area contributed by atoms with Gasteiger partial charge in [0.2, 0.25) is 0 Å². The monoisotopic (exact) mass is 688 g/mol. The Labute approximate surface area is 285 Å². The molecule has 1 aliphatic carbocycles. The van der Waals surface area contributed by atoms with Crippen molar-refractivity contribution in [2.24, 2.45) is 5.73 Å². The number of anilines is 1. The molecule has 0 bridgehead atoms. The van der Waals surface area contributed by atoms with Crippen molar-refractivity contribution in [3.8, 4) is 22.0 Å². The standard InChI is InChI=1S/C34H33ClN6O6S/c1-19(21-8-6-7-9-22(21)35)45-26-17-28(48-29(26)30(36)42)40-18-37-24-16-20(10-12-25(24)40)23-11-13-27(39-38-23)41(31(43)46-33(2,3)4)32(44)47-34(5)14-15-34/h6-13,16-19H,14-15H2,1-5H3,(H2,36,42)/t19-/m1/s1. The highest BCUT2D eigenvalue weighted by molar-refractivity contribution is 7.16. The van der Waals surface area contributed by atoms with Crippen LogP contribution < -0.4 is 15.4 Å². The largest absolute Gasteiger partial charge is 0.484 e. The van der Waals surface area contributed by atoms with E-state index < -0.39 is 35.4 Å². The van der Waals surface area contributed by atoms with Gasteiger partial charge in [-0.05, 0) is 77.8 Å². The van der Waals surface area contributed by atoms with Crippen LogP contribution in [0.5, 0.6) is 5.75 Å². The van der Waals surface area contributed by atoms with Gasteiger partial charge in [-0.25, -0.2) is 14.6 Å². The molecule has 1 atom stereocenters. The Morgan fingerprint density at radius 2 is 1.79 bits per heavy atom. The van der Waals surface area contributed by atoms with Gasteiger partial charge in [-0.15, -0.1) is 21.5 Å². The maximum absolute atomic E-state index is 13.0. The lowest BCUT2D eigenvalue weighted by molar-refractivity contribution is 0.0532. The summed E-state index contributed by atoms with van der Waals surface area (Å²) < 4.78 is 19.0. The number of ether oxygens (including phenoxy) is 3. The number of imide groups is 1. The number of fused-ring (bicyclic) bond motifs is 1. The molecule has 0 saturated heterocycles. The van der Waals surface area contributed by atoms with E-state index in [2.05, 4.69) is 15.2 Å². The average molecular weight is 689 g/mol. The summed E-state index contributed by atoms with van der Waals surface area (Å²) in [6.45, 7) is 8.76. The number of imidazole rings is 1. The minimum absolute atomic E-state index is 0.0302. The summed E-state index contributed by atoms with van der Waals surface area (Å²) in [5.74, 6) is -0.293. The quantitative estimate of drug-likeness (QED) is 0.172. The van der Waals surface area contributed by atoms with Crippen LogP contribution in [-0.4, -0.2) is 49.0 Å². The van der Waals surface area contributed by atoms with Crippen LogP contribution in [0.15, 0.2) is 67.0 Å². The topological polar surface area (TPSA) is 152 Å². The number of amides is 3. The second kappa shape index (κ2) is 12.5. The van der Waals surface area contributed by atoms with Crippen molar-refractivity contribution in [3.63, 3.8) is 0 Å². The molecule has 0 aliphatic heterocycles. The normalized spacial score (nSPS) is 14.3. The molecule has 1 fully saturated rings. The van der Waals surface area contributed by atoms with E-state index in [-0.39, 0.29) is 10.7 Å². The first kappa shape index (κ1) is 32.9. The highest BCUT2D eigenvalue weighted by Gasteiger charge is 2.44. The maximum Gasteiger partial charge on any atom is 0.425 e. The zero-order valence-corrected chi connectivity index (χ0v) is 28.5. The van der Waals surface area contributed by atoms with E-state index in [1.54, 1.807) is 52.2 Å². The Kier molecular flexibility index (Phi) is 8.60. The van der Waals surface area contributed by atoms with E-state index in [1.807, 2.05) is 47.9 Å². The van der Waals surface area contributed by atoms with Crippen LogP contribution in [0, 0.1) is 0 Å². The molecule has 6 rings (SSSR count). The lowest BCUT2D eigenvalue weighted by atomic mass is 10.1. The van der Waals surface area contributed by atoms with Crippen molar-refractivity contribution in [2.45, 2.75) is 64.8 Å². The van der Waals surface area contributed by atoms with Crippen molar-refractivity contribution in [1.29, 1.82) is 0 Å². The molecule has 3 aromatic heterocycles. The molecule has 0 unspecified atom stereocenters. The third-order valence-corrected chi connectivity index (χ3v) is 9.04. The average Bonchev–Trinajstić information content (AvgIpc) is 3.39. The minimum atomic E-state index is -0.911. The van der Waals surface area contributed by atoms with Gasteiger partial charge in [0.05, 0.1) is 16.7 Å². The first-order chi connectivity index (χ1) is 22.7. The van der Waals surface area contributed by atoms with Crippen molar-refractivity contribution < 1.29 is 28.6 Å². The van der Waals surface area contributed by atoms with Crippen LogP contribution in [0.25, 0.3) is 27.3 Å². The van der Waals surface area contributed by atoms with Crippen LogP contribution in [-0.2, 0) is 9.47 Å². The number of thiophene rings is 1. The van der Waals surface area contributed by atoms with Crippen LogP contribution in [0.1, 0.15) is 68.8 Å². The SMILES string of the molecule is C[C@@H](Oc1cc(-n2cnc3cc(-c4ccc(N(C(=O)OC(C)(C)C)C(=O)OC5(C)CC5)nn4)ccc32)sc1C(N)=O)c1ccccc1Cl. The Bertz CT molecular complexity index is 2010. The van der Waals surface area contributed by atoms with Crippen LogP contribution in [0.4, 0.5) is 15.4 Å². The van der Waals surface area contributed by atoms with E-state index in [4.69, 9.17) is 31.5 Å². The van der Waals surface area contributed by atoms with Gasteiger partial charge in [0, 0.05) is 22.2 Å². The van der Waals surface area contributed by atoms with Crippen molar-refractivity contribution in [1.82, 2.24) is 19.7 Å². The number of nitrogens with two attached hydrogens (primary N) is 1. The Morgan fingerprint density at radius 3 is 2.44 bits per heavy atom. The van der Waals surface area contributed by atoms with Gasteiger partial charge in [-0.1, -0.05) is 35.9 Å². The van der Waals surface area contributed by atoms with E-state index in [0.717, 1.165) is 16.0 Å². The molecule has 0 spiro atoms. The predicted octanol–water partition coefficient (Wildman–Crippen LogP) is 7.87. The molecule has 12 nitrogen and oxygen atoms in total. The van der Waals surface area contributed by atoms with Gasteiger partial charge in [-0.2, -0.15) is 4.90 Å². The Balaban J connectivity index is 1.26. The first-order valence-corrected chi connectivity index (χ1v) is 16.3. The summed E-state index contributed by atoms with van der Waals surface area (Å²) in [5.41, 5.74) is 7.63. The predicted molar refractivity (Wildman–Crippen MR) is 182 cm³/mol. The number of primary amides is 1. The number of nitrogens with zero attached hydrogens (tertiary/aromatic N) is 5. The first-order valence-electron chi connectivity index (χ1n) is 15.1. The number of hydrogen-bond acceptors (Lipinski definition) is 10. The van der Waals surface area contributed by atoms with Gasteiger partial charge in [0.1, 0.15) is 39.3 Å². The molecule has 0 radical (unpaired) electrons. The molecule has 1 aliphatic rings. The summed E-state index contributed by atoms with van der Waals surface area (Å²) >= 11 is 7.55. The molecule has 14 heteroatoms. The maximum atomic E-state index is 13.0. The number of benzene rings is 2. The zero-order chi connectivity index (χ0) is 34.4. The molecule has 2 aromatic carbocycles. The molecular weight excluding hydrogens is 656 g/mol. The van der Waals surface area contributed by atoms with Gasteiger partial charge < -0.3 is 19.9 Å². The molecule has 3 amide bonds. The summed E-state index contributed by atoms with van der Waals surface area (Å²) in [4.78, 5) is 44.0. The molecule has 5 aromatic rings. The summed E-state index contributed by atoms with van der Waals surface area (Å²) in [5, 5.41) is 9.70. The second-order valence-corrected chi connectivity index (χ2v) is 14.1. The zero-order valence-electron chi connectivity index (χ0n) is 26.9. The van der Waals surface area contributed by atoms with E-state index in [0.29, 0.717) is 45.4 Å². The van der Waals surface area contributed by atoms with Gasteiger partial charge >= 0.3 is 12.2 Å². The van der Waals surface area contributed by atoms with Gasteiger partial charge in [-0.3, -0.25) is 9.36 Å². The highest BCUT2D eigenvalue weighted by atomic mass is 35.5. The van der Waals surface area contributed by atoms with Crippen molar-refractivity contribution >= 4 is 57.9 Å². The smallest absolute Gasteiger partial charge is 0.425 e. The van der Waals surface area contributed by atoms with Gasteiger partial charge in [0.25, 0.3) is 5.91 Å². The van der Waals surface area contributed by atoms with E-state index in [1.165, 1.54) is 17.4 Å². The van der Waals surface area contributed by atoms with Crippen molar-refractivity contribution in [2.75, 3.05) is 4.90 Å². The van der Waals surface area contributed by atoms with Crippen LogP contribution >= 0.6 is 22.9 Å². The summed E-state index contributed by atoms with van der Waals surface area (Å²) in [6, 6.07) is 17.8. The van der Waals surface area contributed by atoms with E-state index >= 15 is 0 Å².